The fourth-order valence-corrected chi connectivity index (χ4v) is 3.59. The minimum absolute atomic E-state index is 0.0143. The van der Waals surface area contributed by atoms with Crippen LogP contribution in [0.5, 0.6) is 5.75 Å². The van der Waals surface area contributed by atoms with E-state index in [1.165, 1.54) is 0 Å². The largest absolute Gasteiger partial charge is 0.495 e. The average Bonchev–Trinajstić information content (AvgIpc) is 3.24. The molecule has 7 heteroatoms. The van der Waals surface area contributed by atoms with E-state index < -0.39 is 0 Å². The molecule has 0 radical (unpaired) electrons. The summed E-state index contributed by atoms with van der Waals surface area (Å²) < 4.78 is 6.92. The Morgan fingerprint density at radius 2 is 2.15 bits per heavy atom. The maximum atomic E-state index is 12.2. The lowest BCUT2D eigenvalue weighted by Crippen LogP contribution is -2.22. The van der Waals surface area contributed by atoms with Gasteiger partial charge in [-0.25, -0.2) is 4.98 Å². The van der Waals surface area contributed by atoms with Crippen molar-refractivity contribution in [3.05, 3.63) is 70.7 Å². The van der Waals surface area contributed by atoms with E-state index in [0.29, 0.717) is 18.8 Å². The first-order valence-electron chi connectivity index (χ1n) is 8.51. The Morgan fingerprint density at radius 1 is 1.22 bits per heavy atom. The van der Waals surface area contributed by atoms with E-state index in [1.807, 2.05) is 35.8 Å². The number of hydrogen-bond donors (Lipinski definition) is 1. The molecule has 0 fully saturated rings. The summed E-state index contributed by atoms with van der Waals surface area (Å²) in [6, 6.07) is 11.3. The first-order valence-corrected chi connectivity index (χ1v) is 9.39. The Kier molecular flexibility index (Phi) is 4.84. The number of methoxy groups -OCH3 is 1. The van der Waals surface area contributed by atoms with Gasteiger partial charge in [0.15, 0.2) is 0 Å². The van der Waals surface area contributed by atoms with E-state index >= 15 is 0 Å². The van der Waals surface area contributed by atoms with Crippen LogP contribution in [-0.4, -0.2) is 28.2 Å². The van der Waals surface area contributed by atoms with Crippen LogP contribution < -0.4 is 15.6 Å². The number of pyridine rings is 3. The molecular formula is C20H18N4O2S. The number of nitrogens with zero attached hydrogens (tertiary/aromatic N) is 3. The molecular weight excluding hydrogens is 360 g/mol. The predicted octanol–water partition coefficient (Wildman–Crippen LogP) is 3.64. The third-order valence-corrected chi connectivity index (χ3v) is 5.16. The molecule has 0 bridgehead atoms. The SMILES string of the molecule is COc1cnc2c(NCCn3cc(-c4cccs4)ccc3=O)ccnc2c1. The first kappa shape index (κ1) is 17.2. The zero-order chi connectivity index (χ0) is 18.6. The predicted molar refractivity (Wildman–Crippen MR) is 109 cm³/mol. The summed E-state index contributed by atoms with van der Waals surface area (Å²) in [5.74, 6) is 0.670. The lowest BCUT2D eigenvalue weighted by Gasteiger charge is -2.11. The first-order chi connectivity index (χ1) is 13.2. The summed E-state index contributed by atoms with van der Waals surface area (Å²) in [5.41, 5.74) is 3.45. The van der Waals surface area contributed by atoms with Gasteiger partial charge in [-0.15, -0.1) is 11.3 Å². The van der Waals surface area contributed by atoms with Crippen molar-refractivity contribution in [3.63, 3.8) is 0 Å². The quantitative estimate of drug-likeness (QED) is 0.555. The summed E-state index contributed by atoms with van der Waals surface area (Å²) in [7, 11) is 1.60. The van der Waals surface area contributed by atoms with Gasteiger partial charge in [-0.3, -0.25) is 9.78 Å². The normalized spacial score (nSPS) is 10.9. The molecule has 0 atom stereocenters. The van der Waals surface area contributed by atoms with Crippen molar-refractivity contribution in [2.24, 2.45) is 0 Å². The van der Waals surface area contributed by atoms with Crippen LogP contribution in [0.2, 0.25) is 0 Å². The van der Waals surface area contributed by atoms with Crippen molar-refractivity contribution >= 4 is 28.1 Å². The average molecular weight is 378 g/mol. The van der Waals surface area contributed by atoms with Crippen molar-refractivity contribution < 1.29 is 4.74 Å². The standard InChI is InChI=1S/C20H18N4O2S/c1-26-15-11-17-20(23-12-15)16(6-7-21-17)22-8-9-24-13-14(4-5-19(24)25)18-3-2-10-27-18/h2-7,10-13H,8-9H2,1H3,(H,21,22). The highest BCUT2D eigenvalue weighted by Crippen LogP contribution is 2.24. The maximum Gasteiger partial charge on any atom is 0.250 e. The second-order valence-corrected chi connectivity index (χ2v) is 6.90. The van der Waals surface area contributed by atoms with E-state index in [9.17, 15) is 4.79 Å². The van der Waals surface area contributed by atoms with Gasteiger partial charge in [0.2, 0.25) is 0 Å². The van der Waals surface area contributed by atoms with Crippen LogP contribution in [-0.2, 0) is 6.54 Å². The number of aromatic nitrogens is 3. The zero-order valence-electron chi connectivity index (χ0n) is 14.8. The molecule has 0 saturated heterocycles. The lowest BCUT2D eigenvalue weighted by atomic mass is 10.2. The second kappa shape index (κ2) is 7.59. The van der Waals surface area contributed by atoms with Crippen LogP contribution in [0.1, 0.15) is 0 Å². The highest BCUT2D eigenvalue weighted by atomic mass is 32.1. The molecule has 0 aliphatic rings. The summed E-state index contributed by atoms with van der Waals surface area (Å²) in [6.45, 7) is 1.15. The van der Waals surface area contributed by atoms with Gasteiger partial charge in [-0.1, -0.05) is 6.07 Å². The molecule has 0 spiro atoms. The molecule has 0 aliphatic carbocycles. The van der Waals surface area contributed by atoms with E-state index in [-0.39, 0.29) is 5.56 Å². The topological polar surface area (TPSA) is 69.0 Å². The minimum Gasteiger partial charge on any atom is -0.495 e. The molecule has 0 unspecified atom stereocenters. The van der Waals surface area contributed by atoms with E-state index in [2.05, 4.69) is 21.4 Å². The molecule has 6 nitrogen and oxygen atoms in total. The zero-order valence-corrected chi connectivity index (χ0v) is 15.6. The number of hydrogen-bond acceptors (Lipinski definition) is 6. The Bertz CT molecular complexity index is 1120. The Hall–Kier alpha value is -3.19. The molecule has 136 valence electrons. The number of thiophene rings is 1. The van der Waals surface area contributed by atoms with Gasteiger partial charge in [0.05, 0.1) is 24.5 Å². The van der Waals surface area contributed by atoms with Gasteiger partial charge < -0.3 is 14.6 Å². The van der Waals surface area contributed by atoms with Crippen LogP contribution in [0, 0.1) is 0 Å². The highest BCUT2D eigenvalue weighted by molar-refractivity contribution is 7.13. The fraction of sp³-hybridized carbons (Fsp3) is 0.150. The van der Waals surface area contributed by atoms with Crippen molar-refractivity contribution in [1.82, 2.24) is 14.5 Å². The Morgan fingerprint density at radius 3 is 2.96 bits per heavy atom. The summed E-state index contributed by atoms with van der Waals surface area (Å²) in [6.07, 6.45) is 5.31. The third-order valence-electron chi connectivity index (χ3n) is 4.25. The number of ether oxygens (including phenoxy) is 1. The lowest BCUT2D eigenvalue weighted by molar-refractivity contribution is 0.413. The van der Waals surface area contributed by atoms with Gasteiger partial charge in [0.25, 0.3) is 5.56 Å². The summed E-state index contributed by atoms with van der Waals surface area (Å²) in [5, 5.41) is 5.39. The number of nitrogens with one attached hydrogen (secondary N) is 1. The monoisotopic (exact) mass is 378 g/mol. The smallest absolute Gasteiger partial charge is 0.250 e. The van der Waals surface area contributed by atoms with Crippen LogP contribution in [0.4, 0.5) is 5.69 Å². The molecule has 0 aliphatic heterocycles. The van der Waals surface area contributed by atoms with Crippen molar-refractivity contribution in [3.8, 4) is 16.2 Å². The number of fused-ring (bicyclic) bond motifs is 1. The third kappa shape index (κ3) is 3.68. The molecule has 0 amide bonds. The molecule has 1 N–H and O–H groups in total. The van der Waals surface area contributed by atoms with Crippen LogP contribution >= 0.6 is 11.3 Å². The molecule has 4 aromatic heterocycles. The minimum atomic E-state index is -0.0143. The van der Waals surface area contributed by atoms with Gasteiger partial charge >= 0.3 is 0 Å². The molecule has 4 heterocycles. The van der Waals surface area contributed by atoms with Gasteiger partial charge in [0, 0.05) is 48.1 Å². The van der Waals surface area contributed by atoms with Gasteiger partial charge in [-0.05, 0) is 23.6 Å². The molecule has 27 heavy (non-hydrogen) atoms. The van der Waals surface area contributed by atoms with E-state index in [4.69, 9.17) is 4.74 Å². The molecule has 0 saturated carbocycles. The summed E-state index contributed by atoms with van der Waals surface area (Å²) >= 11 is 1.66. The Balaban J connectivity index is 1.51. The fourth-order valence-electron chi connectivity index (χ4n) is 2.87. The van der Waals surface area contributed by atoms with E-state index in [0.717, 1.165) is 27.2 Å². The Labute approximate surface area is 160 Å². The van der Waals surface area contributed by atoms with Crippen LogP contribution in [0.3, 0.4) is 0 Å². The van der Waals surface area contributed by atoms with Crippen molar-refractivity contribution in [2.45, 2.75) is 6.54 Å². The van der Waals surface area contributed by atoms with Crippen LogP contribution in [0.15, 0.2) is 65.2 Å². The molecule has 4 rings (SSSR count). The van der Waals surface area contributed by atoms with Gasteiger partial charge in [-0.2, -0.15) is 0 Å². The van der Waals surface area contributed by atoms with E-state index in [1.54, 1.807) is 41.5 Å². The van der Waals surface area contributed by atoms with Crippen molar-refractivity contribution in [1.29, 1.82) is 0 Å². The van der Waals surface area contributed by atoms with Crippen LogP contribution in [0.25, 0.3) is 21.5 Å². The van der Waals surface area contributed by atoms with Gasteiger partial charge in [0.1, 0.15) is 11.3 Å². The second-order valence-electron chi connectivity index (χ2n) is 5.95. The highest BCUT2D eigenvalue weighted by Gasteiger charge is 2.06. The maximum absolute atomic E-state index is 12.2. The number of rotatable bonds is 6. The summed E-state index contributed by atoms with van der Waals surface area (Å²) in [4.78, 5) is 22.1. The molecule has 4 aromatic rings. The number of anilines is 1. The molecule has 0 aromatic carbocycles. The van der Waals surface area contributed by atoms with Crippen molar-refractivity contribution in [2.75, 3.05) is 19.0 Å².